The van der Waals surface area contributed by atoms with Gasteiger partial charge in [0.05, 0.1) is 11.9 Å². The van der Waals surface area contributed by atoms with E-state index in [-0.39, 0.29) is 11.9 Å². The molecule has 25 heavy (non-hydrogen) atoms. The van der Waals surface area contributed by atoms with E-state index in [1.807, 2.05) is 24.9 Å². The van der Waals surface area contributed by atoms with Crippen molar-refractivity contribution in [1.82, 2.24) is 10.2 Å². The molecule has 1 saturated heterocycles. The molecule has 2 aliphatic heterocycles. The van der Waals surface area contributed by atoms with Gasteiger partial charge in [-0.1, -0.05) is 0 Å². The number of carbonyl (C=O) groups is 1. The zero-order valence-electron chi connectivity index (χ0n) is 15.2. The first-order valence-electron chi connectivity index (χ1n) is 8.87. The number of amides is 1. The first-order valence-corrected chi connectivity index (χ1v) is 10.7. The van der Waals surface area contributed by atoms with E-state index in [2.05, 4.69) is 5.32 Å². The van der Waals surface area contributed by atoms with Crippen LogP contribution in [0, 0.1) is 5.92 Å². The molecule has 0 spiro atoms. The van der Waals surface area contributed by atoms with Crippen molar-refractivity contribution < 1.29 is 13.2 Å². The Balaban J connectivity index is 1.81. The summed E-state index contributed by atoms with van der Waals surface area (Å²) in [5, 5.41) is 3.19. The molecule has 0 aliphatic carbocycles. The predicted molar refractivity (Wildman–Crippen MR) is 99.5 cm³/mol. The number of fused-ring (bicyclic) bond motifs is 1. The smallest absolute Gasteiger partial charge is 0.253 e. The number of nitrogens with one attached hydrogen (secondary N) is 1. The number of anilines is 1. The SMILES string of the molecule is CNCC1CCCN(C(=O)c2ccc3c(c2)CC(C)N3S(C)(=O)=O)C1. The fourth-order valence-electron chi connectivity index (χ4n) is 4.13. The summed E-state index contributed by atoms with van der Waals surface area (Å²) in [6, 6.07) is 5.31. The summed E-state index contributed by atoms with van der Waals surface area (Å²) in [5.74, 6) is 0.548. The second-order valence-electron chi connectivity index (χ2n) is 7.27. The molecule has 7 heteroatoms. The van der Waals surface area contributed by atoms with E-state index < -0.39 is 10.0 Å². The molecule has 2 heterocycles. The summed E-state index contributed by atoms with van der Waals surface area (Å²) in [4.78, 5) is 14.8. The standard InChI is InChI=1S/C18H27N3O3S/c1-13-9-16-10-15(6-7-17(16)21(13)25(3,23)24)18(22)20-8-4-5-14(12-20)11-19-2/h6-7,10,13-14,19H,4-5,8-9,11-12H2,1-3H3. The van der Waals surface area contributed by atoms with Crippen molar-refractivity contribution in [2.75, 3.05) is 37.2 Å². The molecule has 6 nitrogen and oxygen atoms in total. The van der Waals surface area contributed by atoms with Crippen LogP contribution in [0.5, 0.6) is 0 Å². The Kier molecular flexibility index (Phi) is 5.06. The monoisotopic (exact) mass is 365 g/mol. The second-order valence-corrected chi connectivity index (χ2v) is 9.13. The Morgan fingerprint density at radius 2 is 2.12 bits per heavy atom. The molecule has 0 aromatic heterocycles. The average Bonchev–Trinajstić information content (AvgIpc) is 2.89. The zero-order valence-corrected chi connectivity index (χ0v) is 16.0. The van der Waals surface area contributed by atoms with Crippen molar-refractivity contribution >= 4 is 21.6 Å². The molecule has 2 unspecified atom stereocenters. The molecule has 2 atom stereocenters. The minimum absolute atomic E-state index is 0.0501. The molecular weight excluding hydrogens is 338 g/mol. The highest BCUT2D eigenvalue weighted by molar-refractivity contribution is 7.92. The maximum Gasteiger partial charge on any atom is 0.253 e. The van der Waals surface area contributed by atoms with Crippen molar-refractivity contribution in [2.24, 2.45) is 5.92 Å². The van der Waals surface area contributed by atoms with Gasteiger partial charge in [-0.25, -0.2) is 8.42 Å². The molecule has 0 bridgehead atoms. The van der Waals surface area contributed by atoms with Crippen LogP contribution in [0.25, 0.3) is 0 Å². The van der Waals surface area contributed by atoms with E-state index in [4.69, 9.17) is 0 Å². The zero-order chi connectivity index (χ0) is 18.2. The van der Waals surface area contributed by atoms with Gasteiger partial charge in [-0.3, -0.25) is 9.10 Å². The summed E-state index contributed by atoms with van der Waals surface area (Å²) >= 11 is 0. The number of rotatable bonds is 4. The molecule has 1 fully saturated rings. The third kappa shape index (κ3) is 3.67. The summed E-state index contributed by atoms with van der Waals surface area (Å²) in [6.07, 6.45) is 4.05. The number of carbonyl (C=O) groups excluding carboxylic acids is 1. The van der Waals surface area contributed by atoms with E-state index in [9.17, 15) is 13.2 Å². The van der Waals surface area contributed by atoms with Crippen molar-refractivity contribution in [3.63, 3.8) is 0 Å². The number of piperidine rings is 1. The molecule has 138 valence electrons. The van der Waals surface area contributed by atoms with Crippen LogP contribution in [0.4, 0.5) is 5.69 Å². The number of likely N-dealkylation sites (tertiary alicyclic amines) is 1. The van der Waals surface area contributed by atoms with Crippen LogP contribution in [-0.2, 0) is 16.4 Å². The number of hydrogen-bond acceptors (Lipinski definition) is 4. The Hall–Kier alpha value is -1.60. The van der Waals surface area contributed by atoms with Gasteiger partial charge in [0.2, 0.25) is 10.0 Å². The summed E-state index contributed by atoms with van der Waals surface area (Å²) in [6.45, 7) is 4.40. The fourth-order valence-corrected chi connectivity index (χ4v) is 5.39. The summed E-state index contributed by atoms with van der Waals surface area (Å²) in [5.41, 5.74) is 2.30. The lowest BCUT2D eigenvalue weighted by atomic mass is 9.97. The molecule has 1 N–H and O–H groups in total. The molecule has 3 rings (SSSR count). The topological polar surface area (TPSA) is 69.7 Å². The maximum atomic E-state index is 12.9. The van der Waals surface area contributed by atoms with Gasteiger partial charge < -0.3 is 10.2 Å². The third-order valence-electron chi connectivity index (χ3n) is 5.14. The van der Waals surface area contributed by atoms with Crippen LogP contribution in [0.15, 0.2) is 18.2 Å². The average molecular weight is 365 g/mol. The second kappa shape index (κ2) is 6.96. The lowest BCUT2D eigenvalue weighted by Gasteiger charge is -2.33. The van der Waals surface area contributed by atoms with Gasteiger partial charge in [-0.15, -0.1) is 0 Å². The van der Waals surface area contributed by atoms with Gasteiger partial charge in [-0.2, -0.15) is 0 Å². The highest BCUT2D eigenvalue weighted by Crippen LogP contribution is 2.35. The van der Waals surface area contributed by atoms with Crippen LogP contribution < -0.4 is 9.62 Å². The highest BCUT2D eigenvalue weighted by Gasteiger charge is 2.33. The van der Waals surface area contributed by atoms with Gasteiger partial charge in [0.15, 0.2) is 0 Å². The molecule has 1 aromatic rings. The van der Waals surface area contributed by atoms with Gasteiger partial charge in [0, 0.05) is 24.7 Å². The van der Waals surface area contributed by atoms with Gasteiger partial charge in [0.1, 0.15) is 0 Å². The number of hydrogen-bond donors (Lipinski definition) is 1. The lowest BCUT2D eigenvalue weighted by molar-refractivity contribution is 0.0674. The summed E-state index contributed by atoms with van der Waals surface area (Å²) in [7, 11) is -1.36. The van der Waals surface area contributed by atoms with Crippen molar-refractivity contribution in [3.05, 3.63) is 29.3 Å². The van der Waals surface area contributed by atoms with Crippen molar-refractivity contribution in [1.29, 1.82) is 0 Å². The number of sulfonamides is 1. The predicted octanol–water partition coefficient (Wildman–Crippen LogP) is 1.47. The largest absolute Gasteiger partial charge is 0.338 e. The van der Waals surface area contributed by atoms with E-state index in [1.54, 1.807) is 12.1 Å². The molecule has 1 aromatic carbocycles. The minimum Gasteiger partial charge on any atom is -0.338 e. The molecule has 2 aliphatic rings. The van der Waals surface area contributed by atoms with Crippen LogP contribution >= 0.6 is 0 Å². The first-order chi connectivity index (χ1) is 11.8. The van der Waals surface area contributed by atoms with Crippen molar-refractivity contribution in [2.45, 2.75) is 32.2 Å². The van der Waals surface area contributed by atoms with E-state index >= 15 is 0 Å². The first kappa shape index (κ1) is 18.2. The van der Waals surface area contributed by atoms with Gasteiger partial charge in [0.25, 0.3) is 5.91 Å². The minimum atomic E-state index is -3.30. The fraction of sp³-hybridized carbons (Fsp3) is 0.611. The third-order valence-corrected chi connectivity index (χ3v) is 6.41. The number of benzene rings is 1. The van der Waals surface area contributed by atoms with Crippen molar-refractivity contribution in [3.8, 4) is 0 Å². The molecule has 0 saturated carbocycles. The van der Waals surface area contributed by atoms with E-state index in [0.29, 0.717) is 23.6 Å². The van der Waals surface area contributed by atoms with Gasteiger partial charge >= 0.3 is 0 Å². The Morgan fingerprint density at radius 1 is 1.36 bits per heavy atom. The van der Waals surface area contributed by atoms with Gasteiger partial charge in [-0.05, 0) is 69.5 Å². The van der Waals surface area contributed by atoms with Crippen LogP contribution in [0.2, 0.25) is 0 Å². The summed E-state index contributed by atoms with van der Waals surface area (Å²) < 4.78 is 25.5. The molecule has 0 radical (unpaired) electrons. The Morgan fingerprint density at radius 3 is 2.80 bits per heavy atom. The normalized spacial score (nSPS) is 23.6. The van der Waals surface area contributed by atoms with Crippen LogP contribution in [0.1, 0.15) is 35.7 Å². The van der Waals surface area contributed by atoms with E-state index in [1.165, 1.54) is 10.6 Å². The van der Waals surface area contributed by atoms with Crippen LogP contribution in [0.3, 0.4) is 0 Å². The molecule has 1 amide bonds. The molecular formula is C18H27N3O3S. The lowest BCUT2D eigenvalue weighted by Crippen LogP contribution is -2.42. The van der Waals surface area contributed by atoms with Crippen LogP contribution in [-0.4, -0.2) is 58.2 Å². The Labute approximate surface area is 150 Å². The highest BCUT2D eigenvalue weighted by atomic mass is 32.2. The maximum absolute atomic E-state index is 12.9. The Bertz CT molecular complexity index is 761. The van der Waals surface area contributed by atoms with E-state index in [0.717, 1.165) is 38.0 Å². The number of nitrogens with zero attached hydrogens (tertiary/aromatic N) is 2. The quantitative estimate of drug-likeness (QED) is 0.877.